The summed E-state index contributed by atoms with van der Waals surface area (Å²) >= 11 is 0. The number of benzene rings is 1. The van der Waals surface area contributed by atoms with Crippen molar-refractivity contribution in [2.24, 2.45) is 12.0 Å². The van der Waals surface area contributed by atoms with E-state index >= 15 is 0 Å². The zero-order valence-electron chi connectivity index (χ0n) is 16.4. The lowest BCUT2D eigenvalue weighted by molar-refractivity contribution is -0.00800. The van der Waals surface area contributed by atoms with Crippen LogP contribution in [-0.4, -0.2) is 60.5 Å². The van der Waals surface area contributed by atoms with Gasteiger partial charge in [0, 0.05) is 45.4 Å². The molecule has 0 aliphatic carbocycles. The van der Waals surface area contributed by atoms with Crippen LogP contribution in [0.1, 0.15) is 22.8 Å². The molecular formula is C20H28IN5O2. The number of aliphatic imine (C=N–C) groups is 1. The maximum Gasteiger partial charge on any atom is 0.193 e. The van der Waals surface area contributed by atoms with E-state index < -0.39 is 0 Å². The molecule has 7 nitrogen and oxygen atoms in total. The Morgan fingerprint density at radius 2 is 2.25 bits per heavy atom. The molecule has 2 aliphatic rings. The van der Waals surface area contributed by atoms with Crippen molar-refractivity contribution in [3.8, 4) is 5.75 Å². The quantitative estimate of drug-likeness (QED) is 0.399. The van der Waals surface area contributed by atoms with Crippen molar-refractivity contribution in [2.75, 3.05) is 39.9 Å². The Balaban J connectivity index is 0.00000225. The molecule has 8 heteroatoms. The number of rotatable bonds is 4. The van der Waals surface area contributed by atoms with E-state index in [1.54, 1.807) is 0 Å². The third-order valence-corrected chi connectivity index (χ3v) is 5.13. The molecule has 0 saturated carbocycles. The first kappa shape index (κ1) is 20.9. The fraction of sp³-hybridized carbons (Fsp3) is 0.500. The summed E-state index contributed by atoms with van der Waals surface area (Å²) in [6, 6.07) is 6.51. The number of hydrogen-bond donors (Lipinski definition) is 1. The van der Waals surface area contributed by atoms with Crippen molar-refractivity contribution in [2.45, 2.75) is 18.9 Å². The molecule has 28 heavy (non-hydrogen) atoms. The maximum atomic E-state index is 5.93. The molecule has 1 unspecified atom stereocenters. The fourth-order valence-electron chi connectivity index (χ4n) is 3.70. The molecule has 0 amide bonds. The van der Waals surface area contributed by atoms with Crippen LogP contribution in [0.15, 0.2) is 35.6 Å². The van der Waals surface area contributed by atoms with Crippen LogP contribution in [0.2, 0.25) is 0 Å². The molecule has 2 aromatic rings. The molecule has 152 valence electrons. The van der Waals surface area contributed by atoms with Crippen molar-refractivity contribution >= 4 is 29.9 Å². The lowest BCUT2D eigenvalue weighted by Gasteiger charge is -2.34. The second kappa shape index (κ2) is 9.60. The van der Waals surface area contributed by atoms with Gasteiger partial charge in [-0.25, -0.2) is 0 Å². The number of aromatic nitrogens is 2. The van der Waals surface area contributed by atoms with E-state index in [0.29, 0.717) is 6.61 Å². The van der Waals surface area contributed by atoms with E-state index in [0.717, 1.165) is 56.4 Å². The molecule has 1 saturated heterocycles. The summed E-state index contributed by atoms with van der Waals surface area (Å²) in [5.41, 5.74) is 3.76. The third-order valence-electron chi connectivity index (χ3n) is 5.13. The number of ether oxygens (including phenoxy) is 2. The van der Waals surface area contributed by atoms with E-state index in [4.69, 9.17) is 9.47 Å². The minimum absolute atomic E-state index is 0. The minimum Gasteiger partial charge on any atom is -0.493 e. The number of morpholine rings is 1. The van der Waals surface area contributed by atoms with Gasteiger partial charge in [0.1, 0.15) is 11.9 Å². The molecule has 1 aromatic heterocycles. The second-order valence-electron chi connectivity index (χ2n) is 7.02. The van der Waals surface area contributed by atoms with Crippen LogP contribution in [0, 0.1) is 0 Å². The van der Waals surface area contributed by atoms with Gasteiger partial charge in [0.25, 0.3) is 0 Å². The van der Waals surface area contributed by atoms with Gasteiger partial charge in [-0.05, 0) is 23.6 Å². The topological polar surface area (TPSA) is 63.9 Å². The van der Waals surface area contributed by atoms with Gasteiger partial charge in [-0.3, -0.25) is 9.67 Å². The Bertz CT molecular complexity index is 823. The fourth-order valence-corrected chi connectivity index (χ4v) is 3.70. The summed E-state index contributed by atoms with van der Waals surface area (Å²) < 4.78 is 13.3. The number of guanidine groups is 1. The van der Waals surface area contributed by atoms with Gasteiger partial charge < -0.3 is 19.7 Å². The molecule has 0 radical (unpaired) electrons. The standard InChI is InChI=1S/C20H27N5O2.HI/c1-21-20(22-7-5-15-3-4-18-16(11-15)6-9-26-18)25-8-10-27-19(14-25)17-12-23-24(2)13-17;/h3-4,11-13,19H,5-10,14H2,1-2H3,(H,21,22);1H. The highest BCUT2D eigenvalue weighted by Gasteiger charge is 2.25. The third kappa shape index (κ3) is 4.78. The zero-order chi connectivity index (χ0) is 18.6. The van der Waals surface area contributed by atoms with Crippen LogP contribution in [0.3, 0.4) is 0 Å². The smallest absolute Gasteiger partial charge is 0.193 e. The summed E-state index contributed by atoms with van der Waals surface area (Å²) in [6.45, 7) is 3.96. The molecule has 1 aromatic carbocycles. The Morgan fingerprint density at radius 3 is 3.04 bits per heavy atom. The Kier molecular flexibility index (Phi) is 7.17. The van der Waals surface area contributed by atoms with Crippen molar-refractivity contribution in [3.05, 3.63) is 47.3 Å². The van der Waals surface area contributed by atoms with Gasteiger partial charge in [0.05, 0.1) is 26.0 Å². The minimum atomic E-state index is 0. The molecule has 4 rings (SSSR count). The van der Waals surface area contributed by atoms with Crippen LogP contribution in [0.5, 0.6) is 5.75 Å². The summed E-state index contributed by atoms with van der Waals surface area (Å²) in [4.78, 5) is 6.73. The predicted octanol–water partition coefficient (Wildman–Crippen LogP) is 2.16. The van der Waals surface area contributed by atoms with Gasteiger partial charge >= 0.3 is 0 Å². The Labute approximate surface area is 183 Å². The van der Waals surface area contributed by atoms with E-state index in [2.05, 4.69) is 38.5 Å². The normalized spacial score (nSPS) is 19.0. The highest BCUT2D eigenvalue weighted by atomic mass is 127. The van der Waals surface area contributed by atoms with Crippen molar-refractivity contribution < 1.29 is 9.47 Å². The molecule has 1 atom stereocenters. The van der Waals surface area contributed by atoms with Gasteiger partial charge in [-0.1, -0.05) is 12.1 Å². The number of fused-ring (bicyclic) bond motifs is 1. The first-order valence-electron chi connectivity index (χ1n) is 9.53. The van der Waals surface area contributed by atoms with Gasteiger partial charge in [-0.2, -0.15) is 5.10 Å². The summed E-state index contributed by atoms with van der Waals surface area (Å²) in [5.74, 6) is 1.97. The Morgan fingerprint density at radius 1 is 1.36 bits per heavy atom. The Hall–Kier alpha value is -1.81. The van der Waals surface area contributed by atoms with Crippen LogP contribution in [-0.2, 0) is 24.6 Å². The van der Waals surface area contributed by atoms with Gasteiger partial charge in [-0.15, -0.1) is 24.0 Å². The summed E-state index contributed by atoms with van der Waals surface area (Å²) in [5, 5.41) is 7.75. The number of nitrogens with zero attached hydrogens (tertiary/aromatic N) is 4. The van der Waals surface area contributed by atoms with Crippen LogP contribution < -0.4 is 10.1 Å². The highest BCUT2D eigenvalue weighted by Crippen LogP contribution is 2.26. The van der Waals surface area contributed by atoms with Crippen LogP contribution in [0.4, 0.5) is 0 Å². The summed E-state index contributed by atoms with van der Waals surface area (Å²) in [7, 11) is 3.76. The largest absolute Gasteiger partial charge is 0.493 e. The molecule has 1 N–H and O–H groups in total. The molecular weight excluding hydrogens is 469 g/mol. The van der Waals surface area contributed by atoms with Crippen molar-refractivity contribution in [1.82, 2.24) is 20.0 Å². The van der Waals surface area contributed by atoms with E-state index in [1.165, 1.54) is 11.1 Å². The molecule has 1 fully saturated rings. The molecule has 0 bridgehead atoms. The zero-order valence-corrected chi connectivity index (χ0v) is 18.8. The van der Waals surface area contributed by atoms with Gasteiger partial charge in [0.2, 0.25) is 0 Å². The SMILES string of the molecule is CN=C(NCCc1ccc2c(c1)CCO2)N1CCOC(c2cnn(C)c2)C1.I. The summed E-state index contributed by atoms with van der Waals surface area (Å²) in [6.07, 6.45) is 5.90. The maximum absolute atomic E-state index is 5.93. The van der Waals surface area contributed by atoms with Crippen molar-refractivity contribution in [1.29, 1.82) is 0 Å². The highest BCUT2D eigenvalue weighted by molar-refractivity contribution is 14.0. The monoisotopic (exact) mass is 497 g/mol. The number of nitrogens with one attached hydrogen (secondary N) is 1. The number of hydrogen-bond acceptors (Lipinski definition) is 4. The first-order valence-corrected chi connectivity index (χ1v) is 9.53. The van der Waals surface area contributed by atoms with E-state index in [9.17, 15) is 0 Å². The lowest BCUT2D eigenvalue weighted by atomic mass is 10.1. The average Bonchev–Trinajstić information content (AvgIpc) is 3.34. The molecule has 3 heterocycles. The number of halogens is 1. The van der Waals surface area contributed by atoms with E-state index in [-0.39, 0.29) is 30.1 Å². The van der Waals surface area contributed by atoms with Crippen LogP contribution >= 0.6 is 24.0 Å². The number of aryl methyl sites for hydroxylation is 1. The van der Waals surface area contributed by atoms with Crippen LogP contribution in [0.25, 0.3) is 0 Å². The van der Waals surface area contributed by atoms with Crippen molar-refractivity contribution in [3.63, 3.8) is 0 Å². The van der Waals surface area contributed by atoms with E-state index in [1.807, 2.05) is 31.2 Å². The molecule has 2 aliphatic heterocycles. The second-order valence-corrected chi connectivity index (χ2v) is 7.02. The first-order chi connectivity index (χ1) is 13.2. The average molecular weight is 497 g/mol. The lowest BCUT2D eigenvalue weighted by Crippen LogP contribution is -2.48. The predicted molar refractivity (Wildman–Crippen MR) is 120 cm³/mol. The molecule has 0 spiro atoms. The van der Waals surface area contributed by atoms with Gasteiger partial charge in [0.15, 0.2) is 5.96 Å².